The molecule has 1 spiro atoms. The Balaban J connectivity index is 0.724. The molecule has 2 bridgehead atoms. The maximum atomic E-state index is 15.2. The first-order valence-electron chi connectivity index (χ1n) is 31.7. The van der Waals surface area contributed by atoms with Crippen molar-refractivity contribution in [3.63, 3.8) is 0 Å². The second-order valence-corrected chi connectivity index (χ2v) is 28.9. The largest absolute Gasteiger partial charge is 0.496 e. The average molecular weight is 1300 g/mol. The van der Waals surface area contributed by atoms with Gasteiger partial charge >= 0.3 is 12.1 Å². The molecule has 91 heavy (non-hydrogen) atoms. The number of aliphatic hydroxyl groups excluding tert-OH is 4. The predicted octanol–water partition coefficient (Wildman–Crippen LogP) is 2.37. The fraction of sp³-hybridized carbons (Fsp3) is 0.641. The number of alkyl carbamates (subject to hydrolysis) is 1. The standard InChI is InChI=1S/C64H87N9O16S2/c1-7-61(84)31-37-30-60(4,53-40(16-20-71(33-37)35-61)39-13-9-10-14-43(39)67-53)42-28-41-45(29-47(42)86-6)70(5)57-63(41)18-21-72-19-12-17-62(8-2,56(63)72)58(82)64(57,85)48(76)32-65-59(83)88-24-26-91-90-25-11-15-46(75)44(66-36(3)74)27-38-34-73(69-68-38)22-23-87-55-51(79)49(77)50(78)52(89-55)54(80)81/h9-10,12-14,17,28-29,34,37,44,49-52,55-58,67,77-79,82,84-85H,7-8,11,15-16,18-27,30-33,35H2,1-6H3,(H,65,83)(H,66,74)(H,80,81)/t37-,44-,49-,50?,51-,52?,55?,56-,57+,58+,60+,61-,62+,63+,64-/m0/s1. The number of carbonyl (C=O) groups is 5. The van der Waals surface area contributed by atoms with Gasteiger partial charge in [-0.15, -0.1) is 5.10 Å². The minimum atomic E-state index is -2.39. The Morgan fingerprint density at radius 2 is 1.74 bits per heavy atom. The number of methoxy groups -OCH3 is 1. The summed E-state index contributed by atoms with van der Waals surface area (Å²) in [4.78, 5) is 76.3. The van der Waals surface area contributed by atoms with Crippen molar-refractivity contribution in [2.75, 3.05) is 83.0 Å². The molecule has 16 atom stereocenters. The molecule has 10 N–H and O–H groups in total. The molecule has 27 heteroatoms. The summed E-state index contributed by atoms with van der Waals surface area (Å²) in [6, 6.07) is 10.7. The third kappa shape index (κ3) is 12.1. The molecule has 8 heterocycles. The van der Waals surface area contributed by atoms with Gasteiger partial charge < -0.3 is 75.2 Å². The number of aromatic amines is 1. The Bertz CT molecular complexity index is 3410. The first kappa shape index (κ1) is 66.8. The quantitative estimate of drug-likeness (QED) is 0.0273. The molecule has 2 amide bonds. The van der Waals surface area contributed by atoms with E-state index in [4.69, 9.17) is 18.9 Å². The Morgan fingerprint density at radius 3 is 2.48 bits per heavy atom. The number of piperidine rings is 1. The minimum Gasteiger partial charge on any atom is -0.496 e. The van der Waals surface area contributed by atoms with Crippen LogP contribution in [-0.4, -0.2) is 239 Å². The highest BCUT2D eigenvalue weighted by Gasteiger charge is 2.78. The second-order valence-electron chi connectivity index (χ2n) is 26.2. The van der Waals surface area contributed by atoms with Crippen LogP contribution in [0, 0.1) is 11.3 Å². The van der Waals surface area contributed by atoms with E-state index in [2.05, 4.69) is 86.0 Å². The summed E-state index contributed by atoms with van der Waals surface area (Å²) in [6.07, 6.45) is -1.08. The van der Waals surface area contributed by atoms with Crippen LogP contribution in [0.2, 0.25) is 0 Å². The molecule has 4 aromatic rings. The number of Topliss-reactive ketones (excluding diaryl/α,β-unsaturated/α-hetero) is 2. The number of fused-ring (bicyclic) bond motifs is 6. The van der Waals surface area contributed by atoms with Gasteiger partial charge in [0.1, 0.15) is 36.8 Å². The Kier molecular flexibility index (Phi) is 19.5. The van der Waals surface area contributed by atoms with Gasteiger partial charge in [0.2, 0.25) is 5.91 Å². The van der Waals surface area contributed by atoms with E-state index in [9.17, 15) is 54.9 Å². The lowest BCUT2D eigenvalue weighted by Gasteiger charge is -2.63. The highest BCUT2D eigenvalue weighted by molar-refractivity contribution is 8.76. The van der Waals surface area contributed by atoms with Gasteiger partial charge in [-0.2, -0.15) is 0 Å². The number of anilines is 1. The van der Waals surface area contributed by atoms with Crippen LogP contribution in [0.4, 0.5) is 10.5 Å². The topological polar surface area (TPSA) is 344 Å². The second kappa shape index (κ2) is 26.6. The van der Waals surface area contributed by atoms with Crippen LogP contribution in [0.3, 0.4) is 0 Å². The van der Waals surface area contributed by atoms with Gasteiger partial charge in [-0.05, 0) is 87.6 Å². The molecular weight excluding hydrogens is 1210 g/mol. The number of amides is 2. The number of carboxylic acid groups (broad SMARTS) is 1. The van der Waals surface area contributed by atoms with Crippen molar-refractivity contribution in [1.82, 2.24) is 40.4 Å². The molecule has 2 aromatic heterocycles. The van der Waals surface area contributed by atoms with Crippen molar-refractivity contribution < 1.29 is 78.7 Å². The highest BCUT2D eigenvalue weighted by Crippen LogP contribution is 2.68. The lowest BCUT2D eigenvalue weighted by atomic mass is 9.47. The first-order valence-corrected chi connectivity index (χ1v) is 34.2. The van der Waals surface area contributed by atoms with Crippen LogP contribution in [0.15, 0.2) is 54.7 Å². The van der Waals surface area contributed by atoms with Gasteiger partial charge in [0.15, 0.2) is 29.6 Å². The van der Waals surface area contributed by atoms with E-state index in [0.29, 0.717) is 81.1 Å². The summed E-state index contributed by atoms with van der Waals surface area (Å²) >= 11 is 0. The zero-order valence-corrected chi connectivity index (χ0v) is 54.0. The molecular formula is C64H87N9O16S2. The smallest absolute Gasteiger partial charge is 0.407 e. The number of para-hydroxylation sites is 1. The molecule has 6 aliphatic heterocycles. The van der Waals surface area contributed by atoms with Crippen molar-refractivity contribution in [2.45, 2.75) is 169 Å². The maximum absolute atomic E-state index is 15.2. The number of carbonyl (C=O) groups excluding carboxylic acids is 4. The maximum Gasteiger partial charge on any atom is 0.407 e. The van der Waals surface area contributed by atoms with Crippen LogP contribution >= 0.6 is 21.6 Å². The van der Waals surface area contributed by atoms with Gasteiger partial charge in [-0.1, -0.05) is 71.0 Å². The zero-order chi connectivity index (χ0) is 65.0. The van der Waals surface area contributed by atoms with Crippen molar-refractivity contribution >= 4 is 67.7 Å². The number of likely N-dealkylation sites (N-methyl/N-ethyl adjacent to an activating group) is 1. The lowest BCUT2D eigenvalue weighted by molar-refractivity contribution is -0.294. The van der Waals surface area contributed by atoms with Crippen LogP contribution in [0.1, 0.15) is 101 Å². The molecule has 3 saturated heterocycles. The van der Waals surface area contributed by atoms with Crippen molar-refractivity contribution in [2.24, 2.45) is 11.3 Å². The molecule has 1 saturated carbocycles. The highest BCUT2D eigenvalue weighted by atomic mass is 33.1. The SMILES string of the molecule is CC[C@]1(O)C[C@H]2CN(CCc3c([nH]c4ccccc34)[C@@](C)(c3cc4c(cc3OC)N(C)[C@H]3[C@@](O)(C(=O)CNC(=O)OCCSSCCCC(=O)[C@H](Cc5cn(CCOC6OC(C(=O)O)C(O)[C@H](O)[C@@H]6O)nn5)NC(C)=O)[C@H](O)[C@]5(CC)C=CCN6CC[C@]43[C@@H]65)C2)C1. The van der Waals surface area contributed by atoms with E-state index in [-0.39, 0.29) is 50.3 Å². The number of aliphatic hydroxyl groups is 6. The molecule has 496 valence electrons. The third-order valence-corrected chi connectivity index (χ3v) is 23.3. The van der Waals surface area contributed by atoms with E-state index in [0.717, 1.165) is 47.5 Å². The Morgan fingerprint density at radius 1 is 0.956 bits per heavy atom. The van der Waals surface area contributed by atoms with E-state index < -0.39 is 107 Å². The van der Waals surface area contributed by atoms with Gasteiger partial charge in [-0.25, -0.2) is 14.3 Å². The number of aromatic nitrogens is 4. The summed E-state index contributed by atoms with van der Waals surface area (Å²) in [5, 5.41) is 92.7. The summed E-state index contributed by atoms with van der Waals surface area (Å²) in [7, 11) is 6.46. The molecule has 4 unspecified atom stereocenters. The van der Waals surface area contributed by atoms with Gasteiger partial charge in [0.25, 0.3) is 0 Å². The van der Waals surface area contributed by atoms with Gasteiger partial charge in [0.05, 0.1) is 50.2 Å². The van der Waals surface area contributed by atoms with E-state index in [1.54, 1.807) is 7.11 Å². The fourth-order valence-corrected chi connectivity index (χ4v) is 18.7. The Labute approximate surface area is 536 Å². The molecule has 4 fully saturated rings. The normalized spacial score (nSPS) is 33.6. The number of nitrogens with one attached hydrogen (secondary N) is 3. The van der Waals surface area contributed by atoms with Crippen molar-refractivity contribution in [1.29, 1.82) is 0 Å². The number of aliphatic carboxylic acids is 1. The number of carboxylic acids is 1. The predicted molar refractivity (Wildman–Crippen MR) is 338 cm³/mol. The van der Waals surface area contributed by atoms with Crippen LogP contribution in [0.25, 0.3) is 10.9 Å². The number of ether oxygens (including phenoxy) is 4. The van der Waals surface area contributed by atoms with Crippen LogP contribution < -0.4 is 20.3 Å². The number of nitrogens with zero attached hydrogens (tertiary/aromatic N) is 6. The molecule has 11 rings (SSSR count). The molecule has 1 aliphatic carbocycles. The van der Waals surface area contributed by atoms with Gasteiger partial charge in [-0.3, -0.25) is 24.2 Å². The van der Waals surface area contributed by atoms with Crippen LogP contribution in [0.5, 0.6) is 5.75 Å². The Hall–Kier alpha value is -5.69. The summed E-state index contributed by atoms with van der Waals surface area (Å²) in [5.41, 5.74) is 0.737. The monoisotopic (exact) mass is 1300 g/mol. The molecule has 0 radical (unpaired) electrons. The number of H-pyrrole nitrogens is 1. The number of rotatable bonds is 24. The first-order chi connectivity index (χ1) is 43.5. The fourth-order valence-electron chi connectivity index (χ4n) is 16.8. The number of hydrogen-bond donors (Lipinski definition) is 10. The van der Waals surface area contributed by atoms with Crippen molar-refractivity contribution in [3.8, 4) is 5.75 Å². The summed E-state index contributed by atoms with van der Waals surface area (Å²) < 4.78 is 24.0. The van der Waals surface area contributed by atoms with E-state index >= 15 is 4.79 Å². The van der Waals surface area contributed by atoms with Crippen molar-refractivity contribution in [3.05, 3.63) is 82.8 Å². The zero-order valence-electron chi connectivity index (χ0n) is 52.4. The molecule has 7 aliphatic rings. The van der Waals surface area contributed by atoms with Gasteiger partial charge in [0, 0.05) is 127 Å². The van der Waals surface area contributed by atoms with Crippen LogP contribution in [-0.2, 0) is 63.6 Å². The molecule has 25 nitrogen and oxygen atoms in total. The van der Waals surface area contributed by atoms with E-state index in [1.807, 2.05) is 31.0 Å². The number of ketones is 2. The lowest BCUT2D eigenvalue weighted by Crippen LogP contribution is -2.81. The summed E-state index contributed by atoms with van der Waals surface area (Å²) in [6.45, 7) is 10.6. The average Bonchev–Trinajstić information content (AvgIpc) is 1.52. The van der Waals surface area contributed by atoms with E-state index in [1.165, 1.54) is 50.3 Å². The molecule has 2 aromatic carbocycles. The third-order valence-electron chi connectivity index (χ3n) is 20.8. The number of hydrogen-bond acceptors (Lipinski definition) is 22. The minimum absolute atomic E-state index is 0.0116. The summed E-state index contributed by atoms with van der Waals surface area (Å²) in [5.74, 6) is -1.18. The number of benzene rings is 2.